The van der Waals surface area contributed by atoms with E-state index in [-0.39, 0.29) is 55.8 Å². The van der Waals surface area contributed by atoms with Crippen LogP contribution in [0.2, 0.25) is 0 Å². The Morgan fingerprint density at radius 2 is 0.882 bits per heavy atom. The van der Waals surface area contributed by atoms with Crippen molar-refractivity contribution in [2.24, 2.45) is 9.98 Å². The van der Waals surface area contributed by atoms with E-state index in [2.05, 4.69) is 65.8 Å². The Labute approximate surface area is 235 Å². The molecular formula is C27H31Cl3N3V-3. The molecule has 0 amide bonds. The van der Waals surface area contributed by atoms with Crippen molar-refractivity contribution in [1.82, 2.24) is 4.98 Å². The number of rotatable bonds is 4. The van der Waals surface area contributed by atoms with Gasteiger partial charge in [0, 0.05) is 18.6 Å². The second-order valence-electron chi connectivity index (χ2n) is 8.30. The van der Waals surface area contributed by atoms with Gasteiger partial charge in [-0.25, -0.2) is 4.98 Å². The van der Waals surface area contributed by atoms with Gasteiger partial charge in [-0.3, -0.25) is 9.98 Å². The molecule has 3 rings (SSSR count). The van der Waals surface area contributed by atoms with Gasteiger partial charge in [-0.1, -0.05) is 41.5 Å². The predicted molar refractivity (Wildman–Crippen MR) is 129 cm³/mol. The summed E-state index contributed by atoms with van der Waals surface area (Å²) in [5.41, 5.74) is 12.9. The normalized spacial score (nSPS) is 10.9. The van der Waals surface area contributed by atoms with Crippen LogP contribution < -0.4 is 37.2 Å². The number of aromatic nitrogens is 1. The van der Waals surface area contributed by atoms with Crippen LogP contribution >= 0.6 is 0 Å². The molecule has 183 valence electrons. The van der Waals surface area contributed by atoms with Crippen molar-refractivity contribution < 1.29 is 55.8 Å². The average Bonchev–Trinajstić information content (AvgIpc) is 2.67. The van der Waals surface area contributed by atoms with Crippen molar-refractivity contribution >= 4 is 22.8 Å². The van der Waals surface area contributed by atoms with Crippen molar-refractivity contribution in [1.29, 1.82) is 0 Å². The van der Waals surface area contributed by atoms with Crippen molar-refractivity contribution in [3.8, 4) is 0 Å². The molecule has 0 aliphatic heterocycles. The number of benzene rings is 2. The third-order valence-corrected chi connectivity index (χ3v) is 5.32. The van der Waals surface area contributed by atoms with Gasteiger partial charge < -0.3 is 37.2 Å². The molecule has 0 atom stereocenters. The largest absolute Gasteiger partial charge is 1.00 e. The molecule has 1 aromatic heterocycles. The van der Waals surface area contributed by atoms with Crippen LogP contribution in [-0.2, 0) is 18.6 Å². The van der Waals surface area contributed by atoms with E-state index < -0.39 is 0 Å². The molecule has 7 heteroatoms. The van der Waals surface area contributed by atoms with Crippen molar-refractivity contribution in [3.05, 3.63) is 87.2 Å². The van der Waals surface area contributed by atoms with Gasteiger partial charge in [0.25, 0.3) is 0 Å². The number of nitrogens with zero attached hydrogens (tertiary/aromatic N) is 3. The Hall–Kier alpha value is -1.62. The first-order valence-electron chi connectivity index (χ1n) is 10.4. The molecule has 1 heterocycles. The Kier molecular flexibility index (Phi) is 14.9. The summed E-state index contributed by atoms with van der Waals surface area (Å²) < 4.78 is 0. The molecule has 0 unspecified atom stereocenters. The van der Waals surface area contributed by atoms with Crippen LogP contribution in [0, 0.1) is 41.5 Å². The Morgan fingerprint density at radius 3 is 1.18 bits per heavy atom. The Bertz CT molecular complexity index is 1050. The summed E-state index contributed by atoms with van der Waals surface area (Å²) >= 11 is 0. The summed E-state index contributed by atoms with van der Waals surface area (Å²) in [6, 6.07) is 14.7. The summed E-state index contributed by atoms with van der Waals surface area (Å²) in [5, 5.41) is 0. The van der Waals surface area contributed by atoms with Gasteiger partial charge in [-0.2, -0.15) is 0 Å². The first kappa shape index (κ1) is 34.6. The summed E-state index contributed by atoms with van der Waals surface area (Å²) in [6.45, 7) is 16.7. The average molecular weight is 555 g/mol. The number of aryl methyl sites for hydroxylation is 6. The SMILES string of the molecule is CC(=Nc1c(C)cc(C)cc1C)c1cccc(C(C)=Nc2c(C)cc(C)cc2C)n1.[Cl-].[Cl-].[Cl-].[V]. The Balaban J connectivity index is 0. The summed E-state index contributed by atoms with van der Waals surface area (Å²) in [7, 11) is 0. The molecule has 2 aromatic carbocycles. The van der Waals surface area contributed by atoms with E-state index in [9.17, 15) is 0 Å². The van der Waals surface area contributed by atoms with E-state index in [0.29, 0.717) is 0 Å². The van der Waals surface area contributed by atoms with Gasteiger partial charge in [0.15, 0.2) is 0 Å². The molecule has 0 N–H and O–H groups in total. The minimum absolute atomic E-state index is 0. The standard InChI is InChI=1S/C27H31N3.3ClH.V/c1-16-12-18(3)26(19(4)13-16)28-22(7)24-10-9-11-25(30-24)23(8)29-27-20(5)14-17(2)15-21(27)6;;;;/h9-15H,1-8H3;3*1H;/p-3. The van der Waals surface area contributed by atoms with Crippen molar-refractivity contribution in [2.45, 2.75) is 55.4 Å². The minimum Gasteiger partial charge on any atom is -1.00 e. The molecule has 3 aromatic rings. The van der Waals surface area contributed by atoms with E-state index in [1.165, 1.54) is 33.4 Å². The number of pyridine rings is 1. The number of hydrogen-bond acceptors (Lipinski definition) is 3. The number of halogens is 3. The fourth-order valence-corrected chi connectivity index (χ4v) is 3.99. The first-order chi connectivity index (χ1) is 14.2. The van der Waals surface area contributed by atoms with Gasteiger partial charge in [-0.15, -0.1) is 0 Å². The maximum atomic E-state index is 4.91. The molecule has 0 spiro atoms. The maximum Gasteiger partial charge on any atom is 0.0849 e. The molecule has 1 radical (unpaired) electrons. The zero-order chi connectivity index (χ0) is 22.0. The second-order valence-corrected chi connectivity index (χ2v) is 8.30. The molecule has 0 saturated heterocycles. The van der Waals surface area contributed by atoms with Crippen LogP contribution in [0.3, 0.4) is 0 Å². The zero-order valence-electron chi connectivity index (χ0n) is 21.0. The molecular weight excluding hydrogens is 524 g/mol. The fourth-order valence-electron chi connectivity index (χ4n) is 3.99. The maximum absolute atomic E-state index is 4.91. The monoisotopic (exact) mass is 553 g/mol. The minimum atomic E-state index is 0. The molecule has 0 bridgehead atoms. The Morgan fingerprint density at radius 1 is 0.588 bits per heavy atom. The summed E-state index contributed by atoms with van der Waals surface area (Å²) in [6.07, 6.45) is 0. The summed E-state index contributed by atoms with van der Waals surface area (Å²) in [5.74, 6) is 0. The van der Waals surface area contributed by atoms with E-state index in [4.69, 9.17) is 15.0 Å². The van der Waals surface area contributed by atoms with Crippen molar-refractivity contribution in [3.63, 3.8) is 0 Å². The zero-order valence-corrected chi connectivity index (χ0v) is 24.6. The molecule has 0 aliphatic rings. The third-order valence-electron chi connectivity index (χ3n) is 5.32. The van der Waals surface area contributed by atoms with Crippen LogP contribution in [0.4, 0.5) is 11.4 Å². The molecule has 34 heavy (non-hydrogen) atoms. The van der Waals surface area contributed by atoms with Gasteiger partial charge in [0.1, 0.15) is 0 Å². The van der Waals surface area contributed by atoms with Gasteiger partial charge in [0.2, 0.25) is 0 Å². The topological polar surface area (TPSA) is 37.6 Å². The van der Waals surface area contributed by atoms with Crippen LogP contribution in [-0.4, -0.2) is 16.4 Å². The van der Waals surface area contributed by atoms with E-state index in [1.54, 1.807) is 0 Å². The summed E-state index contributed by atoms with van der Waals surface area (Å²) in [4.78, 5) is 14.7. The fraction of sp³-hybridized carbons (Fsp3) is 0.296. The molecule has 0 fully saturated rings. The van der Waals surface area contributed by atoms with Crippen molar-refractivity contribution in [2.75, 3.05) is 0 Å². The van der Waals surface area contributed by atoms with E-state index in [1.807, 2.05) is 32.0 Å². The van der Waals surface area contributed by atoms with Gasteiger partial charge in [-0.05, 0) is 89.8 Å². The van der Waals surface area contributed by atoms with Gasteiger partial charge >= 0.3 is 0 Å². The third kappa shape index (κ3) is 8.25. The van der Waals surface area contributed by atoms with Gasteiger partial charge in [0.05, 0.1) is 34.2 Å². The van der Waals surface area contributed by atoms with Crippen LogP contribution in [0.5, 0.6) is 0 Å². The van der Waals surface area contributed by atoms with E-state index in [0.717, 1.165) is 34.2 Å². The molecule has 3 nitrogen and oxygen atoms in total. The molecule has 0 aliphatic carbocycles. The number of hydrogen-bond donors (Lipinski definition) is 0. The van der Waals surface area contributed by atoms with Crippen LogP contribution in [0.15, 0.2) is 52.4 Å². The predicted octanol–water partition coefficient (Wildman–Crippen LogP) is -1.78. The molecule has 0 saturated carbocycles. The van der Waals surface area contributed by atoms with E-state index >= 15 is 0 Å². The first-order valence-corrected chi connectivity index (χ1v) is 10.4. The van der Waals surface area contributed by atoms with Crippen LogP contribution in [0.1, 0.15) is 58.6 Å². The van der Waals surface area contributed by atoms with Crippen LogP contribution in [0.25, 0.3) is 0 Å². The number of aliphatic imine (C=N–C) groups is 2. The quantitative estimate of drug-likeness (QED) is 0.352. The smallest absolute Gasteiger partial charge is 0.0849 e. The second kappa shape index (κ2) is 14.7.